The lowest BCUT2D eigenvalue weighted by molar-refractivity contribution is -0.145. The van der Waals surface area contributed by atoms with Crippen molar-refractivity contribution < 1.29 is 9.53 Å². The Morgan fingerprint density at radius 2 is 2.00 bits per heavy atom. The van der Waals surface area contributed by atoms with Gasteiger partial charge in [-0.2, -0.15) is 0 Å². The van der Waals surface area contributed by atoms with Crippen molar-refractivity contribution in [3.63, 3.8) is 0 Å². The summed E-state index contributed by atoms with van der Waals surface area (Å²) >= 11 is 0. The number of nitrogens with zero attached hydrogens (tertiary/aromatic N) is 1. The molecule has 1 aliphatic rings. The van der Waals surface area contributed by atoms with Gasteiger partial charge < -0.3 is 4.74 Å². The molecule has 0 N–H and O–H groups in total. The Balaban J connectivity index is 1.83. The van der Waals surface area contributed by atoms with E-state index in [1.807, 2.05) is 37.4 Å². The van der Waals surface area contributed by atoms with E-state index >= 15 is 0 Å². The average molecular weight is 233 g/mol. The second-order valence-corrected chi connectivity index (χ2v) is 4.94. The van der Waals surface area contributed by atoms with Gasteiger partial charge in [-0.25, -0.2) is 0 Å². The number of carbonyl (C=O) groups is 1. The fourth-order valence-corrected chi connectivity index (χ4v) is 2.32. The molecule has 1 heterocycles. The highest BCUT2D eigenvalue weighted by Crippen LogP contribution is 2.33. The Morgan fingerprint density at radius 1 is 1.35 bits per heavy atom. The fraction of sp³-hybridized carbons (Fsp3) is 0.500. The van der Waals surface area contributed by atoms with Crippen LogP contribution in [0.5, 0.6) is 0 Å². The molecule has 0 bridgehead atoms. The molecular formula is C14H19NO2. The largest absolute Gasteiger partial charge is 0.460 e. The lowest BCUT2D eigenvalue weighted by atomic mass is 10.1. The molecule has 3 nitrogen and oxygen atoms in total. The minimum absolute atomic E-state index is 0.0429. The third kappa shape index (κ3) is 2.67. The fourth-order valence-electron chi connectivity index (χ4n) is 2.32. The van der Waals surface area contributed by atoms with E-state index in [4.69, 9.17) is 4.74 Å². The van der Waals surface area contributed by atoms with E-state index in [1.54, 1.807) is 0 Å². The van der Waals surface area contributed by atoms with Gasteiger partial charge in [0.2, 0.25) is 0 Å². The van der Waals surface area contributed by atoms with Crippen LogP contribution in [0, 0.1) is 5.92 Å². The molecule has 0 saturated carbocycles. The first-order valence-electron chi connectivity index (χ1n) is 6.03. The summed E-state index contributed by atoms with van der Waals surface area (Å²) in [6.45, 7) is 4.63. The standard InChI is InChI=1S/C14H19NO2/c1-10(2)12-13(15(12)3)14(16)17-9-11-7-5-4-6-8-11/h4-8,10,12-13H,9H2,1-3H3/t12-,13-,15?/m0/s1. The first kappa shape index (κ1) is 12.1. The molecule has 3 atom stereocenters. The van der Waals surface area contributed by atoms with Gasteiger partial charge in [-0.15, -0.1) is 0 Å². The van der Waals surface area contributed by atoms with E-state index in [-0.39, 0.29) is 12.0 Å². The Kier molecular flexibility index (Phi) is 3.48. The van der Waals surface area contributed by atoms with E-state index in [0.717, 1.165) is 5.56 Å². The molecule has 2 rings (SSSR count). The van der Waals surface area contributed by atoms with Gasteiger partial charge in [-0.05, 0) is 18.5 Å². The number of hydrogen-bond acceptors (Lipinski definition) is 3. The van der Waals surface area contributed by atoms with Gasteiger partial charge in [0, 0.05) is 6.04 Å². The molecule has 1 aromatic carbocycles. The van der Waals surface area contributed by atoms with Crippen molar-refractivity contribution in [3.05, 3.63) is 35.9 Å². The van der Waals surface area contributed by atoms with Crippen LogP contribution in [0.1, 0.15) is 19.4 Å². The van der Waals surface area contributed by atoms with Gasteiger partial charge >= 0.3 is 5.97 Å². The molecule has 92 valence electrons. The third-order valence-electron chi connectivity index (χ3n) is 3.29. The van der Waals surface area contributed by atoms with Gasteiger partial charge in [-0.3, -0.25) is 9.69 Å². The minimum Gasteiger partial charge on any atom is -0.460 e. The Bertz CT molecular complexity index is 388. The molecule has 3 heteroatoms. The summed E-state index contributed by atoms with van der Waals surface area (Å²) in [7, 11) is 1.97. The lowest BCUT2D eigenvalue weighted by Crippen LogP contribution is -2.16. The SMILES string of the molecule is CC(C)[C@H]1[C@@H](C(=O)OCc2ccccc2)N1C. The molecule has 0 aliphatic carbocycles. The summed E-state index contributed by atoms with van der Waals surface area (Å²) in [4.78, 5) is 13.9. The summed E-state index contributed by atoms with van der Waals surface area (Å²) in [5.74, 6) is 0.393. The summed E-state index contributed by atoms with van der Waals surface area (Å²) < 4.78 is 5.32. The molecule has 0 aromatic heterocycles. The van der Waals surface area contributed by atoms with Crippen molar-refractivity contribution in [2.45, 2.75) is 32.5 Å². The van der Waals surface area contributed by atoms with E-state index in [9.17, 15) is 4.79 Å². The first-order valence-corrected chi connectivity index (χ1v) is 6.03. The smallest absolute Gasteiger partial charge is 0.325 e. The Labute approximate surface area is 102 Å². The number of likely N-dealkylation sites (N-methyl/N-ethyl adjacent to an activating group) is 1. The number of esters is 1. The van der Waals surface area contributed by atoms with Gasteiger partial charge in [0.05, 0.1) is 0 Å². The maximum absolute atomic E-state index is 11.8. The molecule has 1 fully saturated rings. The zero-order valence-electron chi connectivity index (χ0n) is 10.6. The molecule has 0 spiro atoms. The van der Waals surface area contributed by atoms with Crippen LogP contribution in [0.25, 0.3) is 0 Å². The van der Waals surface area contributed by atoms with Crippen LogP contribution in [-0.2, 0) is 16.1 Å². The second kappa shape index (κ2) is 4.88. The topological polar surface area (TPSA) is 29.3 Å². The average Bonchev–Trinajstić information content (AvgIpc) is 2.99. The van der Waals surface area contributed by atoms with Crippen molar-refractivity contribution in [2.24, 2.45) is 5.92 Å². The molecule has 17 heavy (non-hydrogen) atoms. The molecule has 1 aliphatic heterocycles. The maximum atomic E-state index is 11.8. The Hall–Kier alpha value is -1.35. The quantitative estimate of drug-likeness (QED) is 0.589. The summed E-state index contributed by atoms with van der Waals surface area (Å²) in [5.41, 5.74) is 1.03. The summed E-state index contributed by atoms with van der Waals surface area (Å²) in [6, 6.07) is 10.1. The molecular weight excluding hydrogens is 214 g/mol. The summed E-state index contributed by atoms with van der Waals surface area (Å²) in [5, 5.41) is 0. The third-order valence-corrected chi connectivity index (χ3v) is 3.29. The predicted molar refractivity (Wildman–Crippen MR) is 66.4 cm³/mol. The molecule has 0 amide bonds. The zero-order chi connectivity index (χ0) is 12.4. The minimum atomic E-state index is -0.102. The van der Waals surface area contributed by atoms with E-state index in [0.29, 0.717) is 18.6 Å². The van der Waals surface area contributed by atoms with E-state index in [2.05, 4.69) is 18.7 Å². The van der Waals surface area contributed by atoms with Crippen LogP contribution in [0.3, 0.4) is 0 Å². The van der Waals surface area contributed by atoms with Crippen LogP contribution in [0.15, 0.2) is 30.3 Å². The van der Waals surface area contributed by atoms with Crippen LogP contribution < -0.4 is 0 Å². The van der Waals surface area contributed by atoms with Crippen LogP contribution in [0.2, 0.25) is 0 Å². The second-order valence-electron chi connectivity index (χ2n) is 4.94. The Morgan fingerprint density at radius 3 is 2.53 bits per heavy atom. The van der Waals surface area contributed by atoms with E-state index < -0.39 is 0 Å². The molecule has 1 saturated heterocycles. The number of carbonyl (C=O) groups excluding carboxylic acids is 1. The van der Waals surface area contributed by atoms with E-state index in [1.165, 1.54) is 0 Å². The van der Waals surface area contributed by atoms with Crippen LogP contribution in [-0.4, -0.2) is 30.0 Å². The van der Waals surface area contributed by atoms with Crippen molar-refractivity contribution in [1.82, 2.24) is 4.90 Å². The molecule has 1 unspecified atom stereocenters. The highest BCUT2D eigenvalue weighted by atomic mass is 16.5. The van der Waals surface area contributed by atoms with Crippen molar-refractivity contribution in [2.75, 3.05) is 7.05 Å². The zero-order valence-corrected chi connectivity index (χ0v) is 10.6. The van der Waals surface area contributed by atoms with Crippen molar-refractivity contribution in [1.29, 1.82) is 0 Å². The van der Waals surface area contributed by atoms with Crippen molar-refractivity contribution in [3.8, 4) is 0 Å². The normalized spacial score (nSPS) is 26.9. The van der Waals surface area contributed by atoms with Crippen LogP contribution in [0.4, 0.5) is 0 Å². The highest BCUT2D eigenvalue weighted by molar-refractivity contribution is 5.80. The van der Waals surface area contributed by atoms with Gasteiger partial charge in [0.25, 0.3) is 0 Å². The van der Waals surface area contributed by atoms with Crippen molar-refractivity contribution >= 4 is 5.97 Å². The first-order chi connectivity index (χ1) is 8.11. The van der Waals surface area contributed by atoms with Gasteiger partial charge in [-0.1, -0.05) is 44.2 Å². The predicted octanol–water partition coefficient (Wildman–Crippen LogP) is 2.07. The lowest BCUT2D eigenvalue weighted by Gasteiger charge is -2.04. The highest BCUT2D eigenvalue weighted by Gasteiger charge is 2.52. The monoisotopic (exact) mass is 233 g/mol. The number of ether oxygens (including phenoxy) is 1. The molecule has 1 aromatic rings. The van der Waals surface area contributed by atoms with Crippen LogP contribution >= 0.6 is 0 Å². The van der Waals surface area contributed by atoms with Gasteiger partial charge in [0.1, 0.15) is 12.6 Å². The molecule has 0 radical (unpaired) electrons. The van der Waals surface area contributed by atoms with Gasteiger partial charge in [0.15, 0.2) is 0 Å². The number of hydrogen-bond donors (Lipinski definition) is 0. The maximum Gasteiger partial charge on any atom is 0.325 e. The number of benzene rings is 1. The summed E-state index contributed by atoms with van der Waals surface area (Å²) in [6.07, 6.45) is 0. The number of rotatable bonds is 4.